The van der Waals surface area contributed by atoms with Crippen LogP contribution in [0.1, 0.15) is 63.8 Å². The first-order chi connectivity index (χ1) is 13.3. The van der Waals surface area contributed by atoms with E-state index in [-0.39, 0.29) is 12.1 Å². The summed E-state index contributed by atoms with van der Waals surface area (Å²) in [4.78, 5) is 24.4. The minimum absolute atomic E-state index is 0.0125. The molecule has 5 rings (SSSR count). The van der Waals surface area contributed by atoms with E-state index in [1.807, 2.05) is 18.7 Å². The van der Waals surface area contributed by atoms with Crippen molar-refractivity contribution in [1.29, 1.82) is 0 Å². The maximum Gasteiger partial charge on any atom is 0.306 e. The second-order valence-electron chi connectivity index (χ2n) is 8.16. The van der Waals surface area contributed by atoms with E-state index in [0.717, 1.165) is 55.1 Å². The molecule has 0 saturated heterocycles. The van der Waals surface area contributed by atoms with Gasteiger partial charge in [0, 0.05) is 24.0 Å². The van der Waals surface area contributed by atoms with Gasteiger partial charge in [0.25, 0.3) is 0 Å². The molecule has 2 aliphatic rings. The highest BCUT2D eigenvalue weighted by atomic mass is 16.5. The summed E-state index contributed by atoms with van der Waals surface area (Å²) in [6.45, 7) is 0. The number of rotatable bonds is 4. The molecular formula is C21H26N4O2. The maximum absolute atomic E-state index is 12.2. The highest BCUT2D eigenvalue weighted by Gasteiger charge is 2.27. The second-order valence-corrected chi connectivity index (χ2v) is 8.16. The second kappa shape index (κ2) is 6.98. The summed E-state index contributed by atoms with van der Waals surface area (Å²) in [5, 5.41) is 1.13. The van der Waals surface area contributed by atoms with E-state index in [4.69, 9.17) is 4.74 Å². The highest BCUT2D eigenvalue weighted by molar-refractivity contribution is 6.00. The number of carbonyl (C=O) groups excluding carboxylic acids is 1. The number of ether oxygens (including phenoxy) is 1. The van der Waals surface area contributed by atoms with Crippen LogP contribution < -0.4 is 0 Å². The lowest BCUT2D eigenvalue weighted by Crippen LogP contribution is -2.22. The molecule has 27 heavy (non-hydrogen) atoms. The molecule has 3 heterocycles. The molecule has 3 aromatic heterocycles. The Morgan fingerprint density at radius 1 is 1.15 bits per heavy atom. The zero-order valence-electron chi connectivity index (χ0n) is 15.6. The van der Waals surface area contributed by atoms with Crippen LogP contribution in [-0.4, -0.2) is 31.6 Å². The molecule has 0 amide bonds. The summed E-state index contributed by atoms with van der Waals surface area (Å²) in [6, 6.07) is 2.52. The van der Waals surface area contributed by atoms with Crippen molar-refractivity contribution in [3.05, 3.63) is 24.8 Å². The van der Waals surface area contributed by atoms with Crippen molar-refractivity contribution < 1.29 is 9.53 Å². The van der Waals surface area contributed by atoms with Crippen molar-refractivity contribution in [3.63, 3.8) is 0 Å². The summed E-state index contributed by atoms with van der Waals surface area (Å²) in [7, 11) is 0. The SMILES string of the molecule is O=C(CC1CCC(n2cnc3cnc4[nH]ccc4c32)CC1)OC1CCCC1. The lowest BCUT2D eigenvalue weighted by molar-refractivity contribution is -0.150. The quantitative estimate of drug-likeness (QED) is 0.689. The number of H-pyrrole nitrogens is 1. The van der Waals surface area contributed by atoms with Gasteiger partial charge in [-0.2, -0.15) is 0 Å². The van der Waals surface area contributed by atoms with E-state index in [1.54, 1.807) is 0 Å². The number of imidazole rings is 1. The molecule has 0 atom stereocenters. The van der Waals surface area contributed by atoms with Crippen LogP contribution in [0, 0.1) is 5.92 Å². The van der Waals surface area contributed by atoms with Crippen molar-refractivity contribution in [1.82, 2.24) is 19.5 Å². The molecule has 6 heteroatoms. The number of carbonyl (C=O) groups is 1. The van der Waals surface area contributed by atoms with Crippen molar-refractivity contribution >= 4 is 28.0 Å². The van der Waals surface area contributed by atoms with Gasteiger partial charge in [0.2, 0.25) is 0 Å². The molecule has 0 unspecified atom stereocenters. The molecular weight excluding hydrogens is 340 g/mol. The van der Waals surface area contributed by atoms with Crippen LogP contribution in [0.3, 0.4) is 0 Å². The summed E-state index contributed by atoms with van der Waals surface area (Å²) in [6.07, 6.45) is 15.3. The normalized spacial score (nSPS) is 24.0. The Bertz CT molecular complexity index is 946. The molecule has 0 aliphatic heterocycles. The standard InChI is InChI=1S/C21H26N4O2/c26-19(27-16-3-1-2-4-16)11-14-5-7-15(8-6-14)25-13-24-18-12-23-21-17(20(18)25)9-10-22-21/h9-10,12-16H,1-8,11H2,(H,22,23). The topological polar surface area (TPSA) is 72.8 Å². The van der Waals surface area contributed by atoms with Gasteiger partial charge in [-0.1, -0.05) is 0 Å². The number of aromatic amines is 1. The number of fused-ring (bicyclic) bond motifs is 3. The Kier molecular flexibility index (Phi) is 4.34. The fourth-order valence-electron chi connectivity index (χ4n) is 4.91. The summed E-state index contributed by atoms with van der Waals surface area (Å²) in [5.41, 5.74) is 3.03. The molecule has 2 aliphatic carbocycles. The van der Waals surface area contributed by atoms with Gasteiger partial charge in [0.15, 0.2) is 0 Å². The fourth-order valence-corrected chi connectivity index (χ4v) is 4.91. The van der Waals surface area contributed by atoms with Crippen LogP contribution in [0.15, 0.2) is 24.8 Å². The average Bonchev–Trinajstić information content (AvgIpc) is 3.41. The smallest absolute Gasteiger partial charge is 0.306 e. The number of aromatic nitrogens is 4. The van der Waals surface area contributed by atoms with Crippen LogP contribution in [0.5, 0.6) is 0 Å². The number of nitrogens with zero attached hydrogens (tertiary/aromatic N) is 3. The summed E-state index contributed by atoms with van der Waals surface area (Å²) < 4.78 is 7.97. The van der Waals surface area contributed by atoms with Gasteiger partial charge < -0.3 is 14.3 Å². The van der Waals surface area contributed by atoms with E-state index in [0.29, 0.717) is 18.4 Å². The Hall–Kier alpha value is -2.37. The first-order valence-corrected chi connectivity index (χ1v) is 10.3. The van der Waals surface area contributed by atoms with E-state index in [2.05, 4.69) is 25.6 Å². The van der Waals surface area contributed by atoms with Crippen LogP contribution >= 0.6 is 0 Å². The third-order valence-corrected chi connectivity index (χ3v) is 6.38. The summed E-state index contributed by atoms with van der Waals surface area (Å²) >= 11 is 0. The Labute approximate surface area is 158 Å². The number of hydrogen-bond acceptors (Lipinski definition) is 4. The Morgan fingerprint density at radius 3 is 2.78 bits per heavy atom. The van der Waals surface area contributed by atoms with Gasteiger partial charge in [-0.15, -0.1) is 0 Å². The molecule has 3 aromatic rings. The van der Waals surface area contributed by atoms with E-state index < -0.39 is 0 Å². The molecule has 0 spiro atoms. The molecule has 0 bridgehead atoms. The fraction of sp³-hybridized carbons (Fsp3) is 0.571. The van der Waals surface area contributed by atoms with Gasteiger partial charge in [0.1, 0.15) is 17.3 Å². The number of esters is 1. The summed E-state index contributed by atoms with van der Waals surface area (Å²) in [5.74, 6) is 0.470. The van der Waals surface area contributed by atoms with Gasteiger partial charge in [-0.25, -0.2) is 9.97 Å². The van der Waals surface area contributed by atoms with Crippen LogP contribution in [0.2, 0.25) is 0 Å². The minimum atomic E-state index is 0.0125. The molecule has 2 fully saturated rings. The largest absolute Gasteiger partial charge is 0.462 e. The van der Waals surface area contributed by atoms with Crippen molar-refractivity contribution in [2.75, 3.05) is 0 Å². The predicted octanol–water partition coefficient (Wildman–Crippen LogP) is 4.52. The van der Waals surface area contributed by atoms with Crippen LogP contribution in [0.25, 0.3) is 22.1 Å². The highest BCUT2D eigenvalue weighted by Crippen LogP contribution is 2.37. The van der Waals surface area contributed by atoms with Gasteiger partial charge in [-0.05, 0) is 63.4 Å². The lowest BCUT2D eigenvalue weighted by Gasteiger charge is -2.29. The molecule has 0 radical (unpaired) electrons. The van der Waals surface area contributed by atoms with Crippen molar-refractivity contribution in [2.24, 2.45) is 5.92 Å². The third-order valence-electron chi connectivity index (χ3n) is 6.38. The first kappa shape index (κ1) is 16.8. The number of hydrogen-bond donors (Lipinski definition) is 1. The first-order valence-electron chi connectivity index (χ1n) is 10.3. The lowest BCUT2D eigenvalue weighted by atomic mass is 9.84. The average molecular weight is 366 g/mol. The van der Waals surface area contributed by atoms with Crippen molar-refractivity contribution in [3.8, 4) is 0 Å². The minimum Gasteiger partial charge on any atom is -0.462 e. The maximum atomic E-state index is 12.2. The molecule has 6 nitrogen and oxygen atoms in total. The number of pyridine rings is 1. The number of nitrogens with one attached hydrogen (secondary N) is 1. The van der Waals surface area contributed by atoms with E-state index in [9.17, 15) is 4.79 Å². The van der Waals surface area contributed by atoms with Gasteiger partial charge in [0.05, 0.1) is 18.0 Å². The van der Waals surface area contributed by atoms with E-state index >= 15 is 0 Å². The zero-order valence-corrected chi connectivity index (χ0v) is 15.6. The van der Waals surface area contributed by atoms with Crippen molar-refractivity contribution in [2.45, 2.75) is 69.9 Å². The van der Waals surface area contributed by atoms with Crippen LogP contribution in [0.4, 0.5) is 0 Å². The molecule has 142 valence electrons. The Morgan fingerprint density at radius 2 is 1.96 bits per heavy atom. The van der Waals surface area contributed by atoms with Crippen LogP contribution in [-0.2, 0) is 9.53 Å². The zero-order chi connectivity index (χ0) is 18.2. The molecule has 0 aromatic carbocycles. The third kappa shape index (κ3) is 3.22. The molecule has 2 saturated carbocycles. The van der Waals surface area contributed by atoms with Gasteiger partial charge in [-0.3, -0.25) is 4.79 Å². The Balaban J connectivity index is 1.25. The monoisotopic (exact) mass is 366 g/mol. The van der Waals surface area contributed by atoms with Gasteiger partial charge >= 0.3 is 5.97 Å². The van der Waals surface area contributed by atoms with E-state index in [1.165, 1.54) is 18.4 Å². The predicted molar refractivity (Wildman–Crippen MR) is 103 cm³/mol. The molecule has 1 N–H and O–H groups in total.